The molecule has 0 amide bonds. The first-order valence-electron chi connectivity index (χ1n) is 5.13. The normalized spacial score (nSPS) is 9.88. The van der Waals surface area contributed by atoms with Gasteiger partial charge >= 0.3 is 11.9 Å². The molecule has 1 N–H and O–H groups in total. The fourth-order valence-corrected chi connectivity index (χ4v) is 1.38. The predicted octanol–water partition coefficient (Wildman–Crippen LogP) is 2.12. The average molecular weight is 222 g/mol. The van der Waals surface area contributed by atoms with Crippen LogP contribution in [-0.2, 0) is 11.2 Å². The van der Waals surface area contributed by atoms with Gasteiger partial charge in [-0.2, -0.15) is 0 Å². The number of carbonyl (C=O) groups is 2. The maximum atomic E-state index is 11.5. The number of carboxylic acid groups (broad SMARTS) is 1. The Balaban J connectivity index is 3.17. The minimum absolute atomic E-state index is 0.00204. The molecule has 0 aliphatic carbocycles. The number of carboxylic acids is 1. The highest BCUT2D eigenvalue weighted by molar-refractivity contribution is 6.02. The van der Waals surface area contributed by atoms with Crippen molar-refractivity contribution in [3.05, 3.63) is 34.9 Å². The molecule has 0 heterocycles. The van der Waals surface area contributed by atoms with Crippen molar-refractivity contribution in [3.8, 4) is 0 Å². The molecule has 16 heavy (non-hydrogen) atoms. The van der Waals surface area contributed by atoms with E-state index in [0.717, 1.165) is 12.0 Å². The fourth-order valence-electron chi connectivity index (χ4n) is 1.38. The molecule has 0 aliphatic heterocycles. The number of benzene rings is 1. The lowest BCUT2D eigenvalue weighted by Crippen LogP contribution is -2.12. The molecule has 0 spiro atoms. The van der Waals surface area contributed by atoms with Gasteiger partial charge in [0.15, 0.2) is 0 Å². The second-order valence-electron chi connectivity index (χ2n) is 3.26. The van der Waals surface area contributed by atoms with Gasteiger partial charge < -0.3 is 9.84 Å². The lowest BCUT2D eigenvalue weighted by atomic mass is 10.0. The van der Waals surface area contributed by atoms with Gasteiger partial charge in [0.2, 0.25) is 0 Å². The van der Waals surface area contributed by atoms with Gasteiger partial charge in [0.1, 0.15) is 0 Å². The second kappa shape index (κ2) is 5.30. The van der Waals surface area contributed by atoms with E-state index in [1.54, 1.807) is 13.0 Å². The number of carbonyl (C=O) groups excluding carboxylic acids is 1. The minimum atomic E-state index is -1.11. The SMILES string of the molecule is CCOC(=O)c1ccc(CC)cc1C(=O)O. The van der Waals surface area contributed by atoms with Crippen molar-refractivity contribution in [2.24, 2.45) is 0 Å². The van der Waals surface area contributed by atoms with E-state index >= 15 is 0 Å². The third-order valence-corrected chi connectivity index (χ3v) is 2.22. The van der Waals surface area contributed by atoms with E-state index in [1.807, 2.05) is 6.92 Å². The van der Waals surface area contributed by atoms with Crippen LogP contribution in [0, 0.1) is 0 Å². The Morgan fingerprint density at radius 3 is 2.44 bits per heavy atom. The van der Waals surface area contributed by atoms with Crippen LogP contribution in [0.3, 0.4) is 0 Å². The Morgan fingerprint density at radius 1 is 1.25 bits per heavy atom. The molecule has 0 radical (unpaired) electrons. The third-order valence-electron chi connectivity index (χ3n) is 2.22. The lowest BCUT2D eigenvalue weighted by molar-refractivity contribution is 0.0514. The number of esters is 1. The number of aryl methyl sites for hydroxylation is 1. The molecule has 0 aromatic heterocycles. The first kappa shape index (κ1) is 12.2. The molecule has 0 atom stereocenters. The van der Waals surface area contributed by atoms with Crippen molar-refractivity contribution < 1.29 is 19.4 Å². The van der Waals surface area contributed by atoms with Crippen LogP contribution < -0.4 is 0 Å². The van der Waals surface area contributed by atoms with E-state index in [9.17, 15) is 9.59 Å². The molecule has 4 nitrogen and oxygen atoms in total. The summed E-state index contributed by atoms with van der Waals surface area (Å²) in [5.41, 5.74) is 0.981. The standard InChI is InChI=1S/C12H14O4/c1-3-8-5-6-9(12(15)16-4-2)10(7-8)11(13)14/h5-7H,3-4H2,1-2H3,(H,13,14). The quantitative estimate of drug-likeness (QED) is 0.792. The van der Waals surface area contributed by atoms with Gasteiger partial charge in [-0.05, 0) is 31.0 Å². The molecule has 0 fully saturated rings. The van der Waals surface area contributed by atoms with Gasteiger partial charge in [0, 0.05) is 0 Å². The molecule has 1 aromatic carbocycles. The molecule has 1 aromatic rings. The number of ether oxygens (including phenoxy) is 1. The summed E-state index contributed by atoms with van der Waals surface area (Å²) < 4.78 is 4.79. The van der Waals surface area contributed by atoms with Crippen LogP contribution in [0.25, 0.3) is 0 Å². The summed E-state index contributed by atoms with van der Waals surface area (Å²) in [7, 11) is 0. The summed E-state index contributed by atoms with van der Waals surface area (Å²) in [4.78, 5) is 22.5. The first-order chi connectivity index (χ1) is 7.60. The zero-order chi connectivity index (χ0) is 12.1. The van der Waals surface area contributed by atoms with Crippen LogP contribution in [0.15, 0.2) is 18.2 Å². The van der Waals surface area contributed by atoms with Gasteiger partial charge in [-0.15, -0.1) is 0 Å². The van der Waals surface area contributed by atoms with E-state index in [2.05, 4.69) is 0 Å². The Morgan fingerprint density at radius 2 is 1.94 bits per heavy atom. The largest absolute Gasteiger partial charge is 0.478 e. The highest BCUT2D eigenvalue weighted by Crippen LogP contribution is 2.14. The number of aromatic carboxylic acids is 1. The van der Waals surface area contributed by atoms with Crippen LogP contribution in [0.1, 0.15) is 40.1 Å². The van der Waals surface area contributed by atoms with Crippen LogP contribution in [-0.4, -0.2) is 23.7 Å². The van der Waals surface area contributed by atoms with E-state index < -0.39 is 11.9 Å². The van der Waals surface area contributed by atoms with Crippen LogP contribution >= 0.6 is 0 Å². The van der Waals surface area contributed by atoms with Gasteiger partial charge in [-0.25, -0.2) is 9.59 Å². The molecule has 0 saturated heterocycles. The Hall–Kier alpha value is -1.84. The fraction of sp³-hybridized carbons (Fsp3) is 0.333. The van der Waals surface area contributed by atoms with Crippen molar-refractivity contribution in [1.29, 1.82) is 0 Å². The number of hydrogen-bond acceptors (Lipinski definition) is 3. The second-order valence-corrected chi connectivity index (χ2v) is 3.26. The van der Waals surface area contributed by atoms with Crippen molar-refractivity contribution >= 4 is 11.9 Å². The summed E-state index contributed by atoms with van der Waals surface area (Å²) in [6, 6.07) is 4.74. The molecule has 1 rings (SSSR count). The molecule has 86 valence electrons. The first-order valence-corrected chi connectivity index (χ1v) is 5.13. The van der Waals surface area contributed by atoms with E-state index in [4.69, 9.17) is 9.84 Å². The highest BCUT2D eigenvalue weighted by atomic mass is 16.5. The Labute approximate surface area is 93.9 Å². The minimum Gasteiger partial charge on any atom is -0.478 e. The summed E-state index contributed by atoms with van der Waals surface area (Å²) in [5, 5.41) is 8.99. The van der Waals surface area contributed by atoms with Gasteiger partial charge in [-0.1, -0.05) is 13.0 Å². The summed E-state index contributed by atoms with van der Waals surface area (Å²) in [6.45, 7) is 3.83. The summed E-state index contributed by atoms with van der Waals surface area (Å²) in [6.07, 6.45) is 0.726. The Kier molecular flexibility index (Phi) is 4.05. The summed E-state index contributed by atoms with van der Waals surface area (Å²) in [5.74, 6) is -1.71. The van der Waals surface area contributed by atoms with Crippen LogP contribution in [0.5, 0.6) is 0 Å². The van der Waals surface area contributed by atoms with Gasteiger partial charge in [0.05, 0.1) is 17.7 Å². The maximum absolute atomic E-state index is 11.5. The zero-order valence-electron chi connectivity index (χ0n) is 9.32. The van der Waals surface area contributed by atoms with E-state index in [1.165, 1.54) is 12.1 Å². The van der Waals surface area contributed by atoms with Crippen molar-refractivity contribution in [1.82, 2.24) is 0 Å². The molecule has 0 bridgehead atoms. The molecular formula is C12H14O4. The molecular weight excluding hydrogens is 208 g/mol. The monoisotopic (exact) mass is 222 g/mol. The predicted molar refractivity (Wildman–Crippen MR) is 58.7 cm³/mol. The lowest BCUT2D eigenvalue weighted by Gasteiger charge is -2.07. The zero-order valence-corrected chi connectivity index (χ0v) is 9.32. The van der Waals surface area contributed by atoms with Crippen LogP contribution in [0.4, 0.5) is 0 Å². The molecule has 4 heteroatoms. The summed E-state index contributed by atoms with van der Waals surface area (Å²) >= 11 is 0. The number of hydrogen-bond donors (Lipinski definition) is 1. The maximum Gasteiger partial charge on any atom is 0.338 e. The highest BCUT2D eigenvalue weighted by Gasteiger charge is 2.17. The number of rotatable bonds is 4. The third kappa shape index (κ3) is 2.59. The van der Waals surface area contributed by atoms with E-state index in [-0.39, 0.29) is 17.7 Å². The topological polar surface area (TPSA) is 63.6 Å². The Bertz CT molecular complexity index is 409. The van der Waals surface area contributed by atoms with Crippen molar-refractivity contribution in [3.63, 3.8) is 0 Å². The van der Waals surface area contributed by atoms with Crippen LogP contribution in [0.2, 0.25) is 0 Å². The van der Waals surface area contributed by atoms with Gasteiger partial charge in [-0.3, -0.25) is 0 Å². The van der Waals surface area contributed by atoms with Gasteiger partial charge in [0.25, 0.3) is 0 Å². The smallest absolute Gasteiger partial charge is 0.338 e. The average Bonchev–Trinajstić information content (AvgIpc) is 2.28. The van der Waals surface area contributed by atoms with Crippen molar-refractivity contribution in [2.45, 2.75) is 20.3 Å². The molecule has 0 unspecified atom stereocenters. The molecule has 0 aliphatic rings. The molecule has 0 saturated carbocycles. The van der Waals surface area contributed by atoms with E-state index in [0.29, 0.717) is 0 Å². The van der Waals surface area contributed by atoms with Crippen molar-refractivity contribution in [2.75, 3.05) is 6.61 Å².